The third-order valence-electron chi connectivity index (χ3n) is 2.93. The molecule has 6 nitrogen and oxygen atoms in total. The molecule has 1 aliphatic heterocycles. The number of hydrogen-bond donors (Lipinski definition) is 1. The average molecular weight is 337 g/mol. The zero-order chi connectivity index (χ0) is 15.4. The standard InChI is InChI=1S/C14H15N3O3S2/c1-9-16-17-14(22-9)21-8-13(18)15-6-10-7-19-11-4-2-3-5-12(11)20-10/h2-5,10H,6-8H2,1H3,(H,15,18)/t10-/m0/s1. The van der Waals surface area contributed by atoms with E-state index < -0.39 is 0 Å². The average Bonchev–Trinajstić information content (AvgIpc) is 2.96. The summed E-state index contributed by atoms with van der Waals surface area (Å²) in [7, 11) is 0. The minimum Gasteiger partial charge on any atom is -0.486 e. The predicted molar refractivity (Wildman–Crippen MR) is 84.7 cm³/mol. The summed E-state index contributed by atoms with van der Waals surface area (Å²) >= 11 is 2.87. The van der Waals surface area contributed by atoms with Gasteiger partial charge in [0.1, 0.15) is 17.7 Å². The van der Waals surface area contributed by atoms with Crippen LogP contribution in [0.25, 0.3) is 0 Å². The fraction of sp³-hybridized carbons (Fsp3) is 0.357. The number of aryl methyl sites for hydroxylation is 1. The van der Waals surface area contributed by atoms with Crippen molar-refractivity contribution in [2.75, 3.05) is 18.9 Å². The molecule has 2 heterocycles. The molecule has 0 fully saturated rings. The van der Waals surface area contributed by atoms with Gasteiger partial charge < -0.3 is 14.8 Å². The van der Waals surface area contributed by atoms with Crippen molar-refractivity contribution in [1.82, 2.24) is 15.5 Å². The summed E-state index contributed by atoms with van der Waals surface area (Å²) in [6, 6.07) is 7.52. The van der Waals surface area contributed by atoms with Crippen LogP contribution in [0, 0.1) is 6.92 Å². The second kappa shape index (κ2) is 6.97. The van der Waals surface area contributed by atoms with E-state index in [0.29, 0.717) is 24.7 Å². The van der Waals surface area contributed by atoms with Gasteiger partial charge in [0.15, 0.2) is 15.8 Å². The number of amides is 1. The lowest BCUT2D eigenvalue weighted by Gasteiger charge is -2.26. The first-order valence-corrected chi connectivity index (χ1v) is 8.59. The number of thioether (sulfide) groups is 1. The Morgan fingerprint density at radius 1 is 1.41 bits per heavy atom. The lowest BCUT2D eigenvalue weighted by molar-refractivity contribution is -0.119. The summed E-state index contributed by atoms with van der Waals surface area (Å²) in [6.07, 6.45) is -0.173. The summed E-state index contributed by atoms with van der Waals surface area (Å²) < 4.78 is 12.2. The SMILES string of the molecule is Cc1nnc(SCC(=O)NC[C@H]2COc3ccccc3O2)s1. The highest BCUT2D eigenvalue weighted by Crippen LogP contribution is 2.30. The maximum atomic E-state index is 11.8. The Labute approximate surface area is 136 Å². The Balaban J connectivity index is 1.42. The lowest BCUT2D eigenvalue weighted by Crippen LogP contribution is -2.41. The van der Waals surface area contributed by atoms with Gasteiger partial charge in [-0.05, 0) is 19.1 Å². The molecule has 1 aromatic heterocycles. The second-order valence-electron chi connectivity index (χ2n) is 4.68. The van der Waals surface area contributed by atoms with Crippen molar-refractivity contribution < 1.29 is 14.3 Å². The smallest absolute Gasteiger partial charge is 0.230 e. The van der Waals surface area contributed by atoms with Gasteiger partial charge in [-0.2, -0.15) is 0 Å². The van der Waals surface area contributed by atoms with Crippen LogP contribution in [-0.2, 0) is 4.79 Å². The van der Waals surface area contributed by atoms with Gasteiger partial charge in [0.05, 0.1) is 12.3 Å². The van der Waals surface area contributed by atoms with E-state index in [1.165, 1.54) is 23.1 Å². The van der Waals surface area contributed by atoms with Crippen LogP contribution < -0.4 is 14.8 Å². The molecule has 2 aromatic rings. The molecular formula is C14H15N3O3S2. The number of para-hydroxylation sites is 2. The number of nitrogens with zero attached hydrogens (tertiary/aromatic N) is 2. The number of hydrogen-bond acceptors (Lipinski definition) is 7. The number of rotatable bonds is 5. The zero-order valence-corrected chi connectivity index (χ0v) is 13.6. The molecule has 0 spiro atoms. The molecule has 0 aliphatic carbocycles. The van der Waals surface area contributed by atoms with Crippen molar-refractivity contribution in [2.45, 2.75) is 17.4 Å². The zero-order valence-electron chi connectivity index (χ0n) is 11.9. The van der Waals surface area contributed by atoms with Crippen molar-refractivity contribution in [3.63, 3.8) is 0 Å². The van der Waals surface area contributed by atoms with Gasteiger partial charge in [-0.15, -0.1) is 10.2 Å². The highest BCUT2D eigenvalue weighted by atomic mass is 32.2. The summed E-state index contributed by atoms with van der Waals surface area (Å²) in [6.45, 7) is 2.74. The maximum Gasteiger partial charge on any atom is 0.230 e. The Kier molecular flexibility index (Phi) is 4.79. The summed E-state index contributed by atoms with van der Waals surface area (Å²) in [5.74, 6) is 1.72. The molecular weight excluding hydrogens is 322 g/mol. The Morgan fingerprint density at radius 3 is 3.00 bits per heavy atom. The van der Waals surface area contributed by atoms with Crippen molar-refractivity contribution in [3.05, 3.63) is 29.3 Å². The normalized spacial score (nSPS) is 16.3. The van der Waals surface area contributed by atoms with Crippen molar-refractivity contribution in [2.24, 2.45) is 0 Å². The monoisotopic (exact) mass is 337 g/mol. The van der Waals surface area contributed by atoms with E-state index in [1.54, 1.807) is 0 Å². The van der Waals surface area contributed by atoms with Gasteiger partial charge in [-0.1, -0.05) is 35.2 Å². The topological polar surface area (TPSA) is 73.3 Å². The van der Waals surface area contributed by atoms with Gasteiger partial charge in [0.2, 0.25) is 5.91 Å². The quantitative estimate of drug-likeness (QED) is 0.840. The molecule has 116 valence electrons. The van der Waals surface area contributed by atoms with Gasteiger partial charge in [-0.3, -0.25) is 4.79 Å². The number of fused-ring (bicyclic) bond motifs is 1. The van der Waals surface area contributed by atoms with Crippen LogP contribution in [-0.4, -0.2) is 41.1 Å². The van der Waals surface area contributed by atoms with E-state index in [0.717, 1.165) is 15.1 Å². The Bertz CT molecular complexity index is 662. The third kappa shape index (κ3) is 3.89. The molecule has 0 radical (unpaired) electrons. The summed E-state index contributed by atoms with van der Waals surface area (Å²) in [5, 5.41) is 11.6. The number of ether oxygens (including phenoxy) is 2. The van der Waals surface area contributed by atoms with Crippen LogP contribution >= 0.6 is 23.1 Å². The Hall–Kier alpha value is -1.80. The van der Waals surface area contributed by atoms with Gasteiger partial charge in [-0.25, -0.2) is 0 Å². The van der Waals surface area contributed by atoms with Crippen LogP contribution in [0.15, 0.2) is 28.6 Å². The van der Waals surface area contributed by atoms with Crippen molar-refractivity contribution in [3.8, 4) is 11.5 Å². The largest absolute Gasteiger partial charge is 0.486 e. The molecule has 0 saturated carbocycles. The first kappa shape index (κ1) is 15.1. The molecule has 1 amide bonds. The lowest BCUT2D eigenvalue weighted by atomic mass is 10.2. The molecule has 1 aliphatic rings. The van der Waals surface area contributed by atoms with Crippen LogP contribution in [0.3, 0.4) is 0 Å². The number of aromatic nitrogens is 2. The van der Waals surface area contributed by atoms with Crippen LogP contribution in [0.4, 0.5) is 0 Å². The van der Waals surface area contributed by atoms with E-state index in [-0.39, 0.29) is 12.0 Å². The summed E-state index contributed by atoms with van der Waals surface area (Å²) in [4.78, 5) is 11.8. The van der Waals surface area contributed by atoms with E-state index in [9.17, 15) is 4.79 Å². The molecule has 0 saturated heterocycles. The molecule has 1 aromatic carbocycles. The first-order valence-electron chi connectivity index (χ1n) is 6.79. The highest BCUT2D eigenvalue weighted by Gasteiger charge is 2.21. The fourth-order valence-corrected chi connectivity index (χ4v) is 3.55. The molecule has 1 N–H and O–H groups in total. The number of nitrogens with one attached hydrogen (secondary N) is 1. The van der Waals surface area contributed by atoms with E-state index in [1.807, 2.05) is 31.2 Å². The minimum atomic E-state index is -0.173. The molecule has 0 bridgehead atoms. The van der Waals surface area contributed by atoms with E-state index in [4.69, 9.17) is 9.47 Å². The molecule has 3 rings (SSSR count). The van der Waals surface area contributed by atoms with Crippen LogP contribution in [0.5, 0.6) is 11.5 Å². The van der Waals surface area contributed by atoms with Gasteiger partial charge in [0.25, 0.3) is 0 Å². The third-order valence-corrected chi connectivity index (χ3v) is 4.90. The molecule has 8 heteroatoms. The summed E-state index contributed by atoms with van der Waals surface area (Å²) in [5.41, 5.74) is 0. The number of benzene rings is 1. The fourth-order valence-electron chi connectivity index (χ4n) is 1.91. The molecule has 22 heavy (non-hydrogen) atoms. The number of carbonyl (C=O) groups excluding carboxylic acids is 1. The van der Waals surface area contributed by atoms with Gasteiger partial charge >= 0.3 is 0 Å². The highest BCUT2D eigenvalue weighted by molar-refractivity contribution is 8.01. The van der Waals surface area contributed by atoms with E-state index in [2.05, 4.69) is 15.5 Å². The maximum absolute atomic E-state index is 11.8. The molecule has 1 atom stereocenters. The van der Waals surface area contributed by atoms with Crippen molar-refractivity contribution in [1.29, 1.82) is 0 Å². The van der Waals surface area contributed by atoms with Crippen LogP contribution in [0.2, 0.25) is 0 Å². The van der Waals surface area contributed by atoms with Crippen molar-refractivity contribution >= 4 is 29.0 Å². The van der Waals surface area contributed by atoms with Crippen LogP contribution in [0.1, 0.15) is 5.01 Å². The van der Waals surface area contributed by atoms with E-state index >= 15 is 0 Å². The second-order valence-corrected chi connectivity index (χ2v) is 7.08. The number of carbonyl (C=O) groups is 1. The minimum absolute atomic E-state index is 0.0553. The Morgan fingerprint density at radius 2 is 2.23 bits per heavy atom. The first-order chi connectivity index (χ1) is 10.7. The predicted octanol–water partition coefficient (Wildman–Crippen LogP) is 1.89. The molecule has 0 unspecified atom stereocenters. The van der Waals surface area contributed by atoms with Gasteiger partial charge in [0, 0.05) is 0 Å².